The third-order valence-electron chi connectivity index (χ3n) is 2.58. The van der Waals surface area contributed by atoms with Crippen LogP contribution < -0.4 is 0 Å². The van der Waals surface area contributed by atoms with Gasteiger partial charge in [-0.05, 0) is 12.8 Å². The maximum atomic E-state index is 5.37. The Bertz CT molecular complexity index is 402. The highest BCUT2D eigenvalue weighted by Gasteiger charge is 2.11. The molecule has 0 N–H and O–H groups in total. The second-order valence-corrected chi connectivity index (χ2v) is 4.34. The highest BCUT2D eigenvalue weighted by molar-refractivity contribution is 7.08. The van der Waals surface area contributed by atoms with Gasteiger partial charge >= 0.3 is 0 Å². The first-order valence-electron chi connectivity index (χ1n) is 4.94. The topological polar surface area (TPSA) is 0 Å². The molecular weight excluding hydrogens is 188 g/mol. The van der Waals surface area contributed by atoms with Crippen molar-refractivity contribution in [3.63, 3.8) is 0 Å². The molecule has 1 heterocycles. The number of rotatable bonds is 0. The Morgan fingerprint density at radius 2 is 1.93 bits per heavy atom. The van der Waals surface area contributed by atoms with Crippen molar-refractivity contribution < 1.29 is 0 Å². The van der Waals surface area contributed by atoms with Crippen LogP contribution in [0.5, 0.6) is 0 Å². The fourth-order valence-corrected chi connectivity index (χ4v) is 2.48. The first kappa shape index (κ1) is 9.38. The largest absolute Gasteiger partial charge is 0.150 e. The standard InChI is InChI=1S/C13H12S/c1-2-12-9-14-10-13(12)8-7-11-5-3-4-6-11/h1,9-11H,3-6H2. The molecule has 0 unspecified atom stereocenters. The average molecular weight is 200 g/mol. The molecule has 14 heavy (non-hydrogen) atoms. The minimum atomic E-state index is 0.612. The fourth-order valence-electron chi connectivity index (χ4n) is 1.76. The van der Waals surface area contributed by atoms with E-state index in [0.717, 1.165) is 11.1 Å². The SMILES string of the molecule is C#Cc1cscc1C#CC1CCCC1. The molecule has 1 saturated carbocycles. The third kappa shape index (κ3) is 2.00. The number of hydrogen-bond donors (Lipinski definition) is 0. The van der Waals surface area contributed by atoms with E-state index in [4.69, 9.17) is 6.42 Å². The van der Waals surface area contributed by atoms with Crippen LogP contribution in [0.1, 0.15) is 36.8 Å². The van der Waals surface area contributed by atoms with Gasteiger partial charge in [-0.25, -0.2) is 0 Å². The Kier molecular flexibility index (Phi) is 2.92. The molecule has 1 aliphatic carbocycles. The molecule has 0 bridgehead atoms. The van der Waals surface area contributed by atoms with Crippen molar-refractivity contribution in [1.82, 2.24) is 0 Å². The Hall–Kier alpha value is -1.18. The van der Waals surface area contributed by atoms with E-state index < -0.39 is 0 Å². The Morgan fingerprint density at radius 3 is 2.64 bits per heavy atom. The summed E-state index contributed by atoms with van der Waals surface area (Å²) in [6.07, 6.45) is 10.6. The van der Waals surface area contributed by atoms with Crippen molar-refractivity contribution in [1.29, 1.82) is 0 Å². The maximum absolute atomic E-state index is 5.37. The Labute approximate surface area is 89.3 Å². The summed E-state index contributed by atoms with van der Waals surface area (Å²) in [5, 5.41) is 4.02. The van der Waals surface area contributed by atoms with Crippen molar-refractivity contribution in [2.24, 2.45) is 5.92 Å². The smallest absolute Gasteiger partial charge is 0.0508 e. The summed E-state index contributed by atoms with van der Waals surface area (Å²) < 4.78 is 0. The van der Waals surface area contributed by atoms with Gasteiger partial charge in [0.2, 0.25) is 0 Å². The summed E-state index contributed by atoms with van der Waals surface area (Å²) in [4.78, 5) is 0. The van der Waals surface area contributed by atoms with Gasteiger partial charge in [-0.2, -0.15) is 0 Å². The highest BCUT2D eigenvalue weighted by Crippen LogP contribution is 2.24. The predicted octanol–water partition coefficient (Wildman–Crippen LogP) is 3.27. The average Bonchev–Trinajstić information content (AvgIpc) is 2.85. The van der Waals surface area contributed by atoms with E-state index in [0.29, 0.717) is 5.92 Å². The molecule has 0 atom stereocenters. The van der Waals surface area contributed by atoms with Gasteiger partial charge < -0.3 is 0 Å². The number of thiophene rings is 1. The summed E-state index contributed by atoms with van der Waals surface area (Å²) in [6, 6.07) is 0. The van der Waals surface area contributed by atoms with Gasteiger partial charge in [-0.3, -0.25) is 0 Å². The summed E-state index contributed by atoms with van der Waals surface area (Å²) in [7, 11) is 0. The minimum absolute atomic E-state index is 0.612. The van der Waals surface area contributed by atoms with Gasteiger partial charge in [-0.1, -0.05) is 30.6 Å². The van der Waals surface area contributed by atoms with Gasteiger partial charge in [0.1, 0.15) is 0 Å². The Morgan fingerprint density at radius 1 is 1.21 bits per heavy atom. The van der Waals surface area contributed by atoms with Gasteiger partial charge in [-0.15, -0.1) is 17.8 Å². The zero-order chi connectivity index (χ0) is 9.80. The third-order valence-corrected chi connectivity index (χ3v) is 3.33. The second kappa shape index (κ2) is 4.36. The van der Waals surface area contributed by atoms with Crippen molar-refractivity contribution in [2.75, 3.05) is 0 Å². The molecule has 0 spiro atoms. The molecule has 1 aliphatic rings. The van der Waals surface area contributed by atoms with Crippen molar-refractivity contribution in [3.8, 4) is 24.2 Å². The molecule has 70 valence electrons. The maximum Gasteiger partial charge on any atom is 0.0508 e. The zero-order valence-electron chi connectivity index (χ0n) is 8.05. The zero-order valence-corrected chi connectivity index (χ0v) is 8.86. The van der Waals surface area contributed by atoms with E-state index in [1.165, 1.54) is 25.7 Å². The lowest BCUT2D eigenvalue weighted by molar-refractivity contribution is 0.712. The van der Waals surface area contributed by atoms with Crippen LogP contribution in [-0.4, -0.2) is 0 Å². The van der Waals surface area contributed by atoms with Crippen LogP contribution >= 0.6 is 11.3 Å². The fraction of sp³-hybridized carbons (Fsp3) is 0.385. The van der Waals surface area contributed by atoms with Crippen LogP contribution in [0.15, 0.2) is 10.8 Å². The molecule has 0 radical (unpaired) electrons. The molecule has 1 aromatic heterocycles. The van der Waals surface area contributed by atoms with E-state index in [2.05, 4.69) is 17.8 Å². The minimum Gasteiger partial charge on any atom is -0.150 e. The molecule has 2 rings (SSSR count). The summed E-state index contributed by atoms with van der Waals surface area (Å²) in [5.41, 5.74) is 1.98. The summed E-state index contributed by atoms with van der Waals surface area (Å²) >= 11 is 1.63. The lowest BCUT2D eigenvalue weighted by Gasteiger charge is -1.94. The highest BCUT2D eigenvalue weighted by atomic mass is 32.1. The molecule has 0 aliphatic heterocycles. The van der Waals surface area contributed by atoms with Crippen molar-refractivity contribution in [2.45, 2.75) is 25.7 Å². The molecule has 1 heteroatoms. The first-order chi connectivity index (χ1) is 6.90. The molecule has 0 amide bonds. The molecule has 1 fully saturated rings. The van der Waals surface area contributed by atoms with Crippen LogP contribution in [0.4, 0.5) is 0 Å². The van der Waals surface area contributed by atoms with Crippen LogP contribution in [0.3, 0.4) is 0 Å². The van der Waals surface area contributed by atoms with E-state index in [1.54, 1.807) is 11.3 Å². The van der Waals surface area contributed by atoms with Crippen molar-refractivity contribution >= 4 is 11.3 Å². The predicted molar refractivity (Wildman–Crippen MR) is 61.1 cm³/mol. The summed E-state index contributed by atoms with van der Waals surface area (Å²) in [5.74, 6) is 9.79. The van der Waals surface area contributed by atoms with Gasteiger partial charge in [0.25, 0.3) is 0 Å². The van der Waals surface area contributed by atoms with E-state index in [1.807, 2.05) is 10.8 Å². The quantitative estimate of drug-likeness (QED) is 0.564. The number of hydrogen-bond acceptors (Lipinski definition) is 1. The number of terminal acetylenes is 1. The van der Waals surface area contributed by atoms with Crippen molar-refractivity contribution in [3.05, 3.63) is 21.9 Å². The molecule has 1 aromatic rings. The van der Waals surface area contributed by atoms with Crippen LogP contribution in [0.2, 0.25) is 0 Å². The van der Waals surface area contributed by atoms with Crippen LogP contribution in [0.25, 0.3) is 0 Å². The van der Waals surface area contributed by atoms with E-state index >= 15 is 0 Å². The lowest BCUT2D eigenvalue weighted by atomic mass is 10.1. The van der Waals surface area contributed by atoms with Crippen LogP contribution in [0, 0.1) is 30.1 Å². The van der Waals surface area contributed by atoms with Gasteiger partial charge in [0.15, 0.2) is 0 Å². The van der Waals surface area contributed by atoms with E-state index in [9.17, 15) is 0 Å². The monoisotopic (exact) mass is 200 g/mol. The van der Waals surface area contributed by atoms with Gasteiger partial charge in [0.05, 0.1) is 11.1 Å². The normalized spacial score (nSPS) is 15.9. The first-order valence-corrected chi connectivity index (χ1v) is 5.89. The van der Waals surface area contributed by atoms with Crippen LogP contribution in [-0.2, 0) is 0 Å². The molecule has 0 aromatic carbocycles. The molecule has 0 saturated heterocycles. The molecule has 0 nitrogen and oxygen atoms in total. The van der Waals surface area contributed by atoms with E-state index in [-0.39, 0.29) is 0 Å². The lowest BCUT2D eigenvalue weighted by Crippen LogP contribution is -1.86. The Balaban J connectivity index is 2.13. The summed E-state index contributed by atoms with van der Waals surface area (Å²) in [6.45, 7) is 0. The van der Waals surface area contributed by atoms with Gasteiger partial charge in [0, 0.05) is 16.7 Å². The molecular formula is C13H12S. The second-order valence-electron chi connectivity index (χ2n) is 3.59.